The first kappa shape index (κ1) is 14.6. The molecule has 2 fully saturated rings. The number of aliphatic carboxylic acids is 1. The molecule has 0 saturated carbocycles. The number of carboxylic acids is 1. The largest absolute Gasteiger partial charge is 0.481 e. The number of nitrogens with one attached hydrogen (secondary N) is 1. The van der Waals surface area contributed by atoms with Crippen molar-refractivity contribution in [2.45, 2.75) is 32.2 Å². The number of hydrogen-bond donors (Lipinski definition) is 2. The molecule has 0 bridgehead atoms. The third-order valence-corrected chi connectivity index (χ3v) is 4.18. The number of carbonyl (C=O) groups excluding carboxylic acids is 2. The Morgan fingerprint density at radius 3 is 2.40 bits per heavy atom. The Morgan fingerprint density at radius 1 is 1.20 bits per heavy atom. The standard InChI is InChI=1S/C13H21N3O4/c1-9-10(12(18)19)4-7-16(9)13(20)14-8-11(17)15-5-2-3-6-15/h9-10H,2-8H2,1H3,(H,14,20)(H,18,19). The van der Waals surface area contributed by atoms with E-state index in [0.717, 1.165) is 25.9 Å². The van der Waals surface area contributed by atoms with Crippen molar-refractivity contribution in [1.29, 1.82) is 0 Å². The van der Waals surface area contributed by atoms with E-state index >= 15 is 0 Å². The molecule has 0 spiro atoms. The molecule has 3 amide bonds. The summed E-state index contributed by atoms with van der Waals surface area (Å²) in [6, 6.07) is -0.691. The van der Waals surface area contributed by atoms with Gasteiger partial charge in [-0.2, -0.15) is 0 Å². The van der Waals surface area contributed by atoms with Crippen LogP contribution in [0.2, 0.25) is 0 Å². The van der Waals surface area contributed by atoms with Gasteiger partial charge in [0.2, 0.25) is 5.91 Å². The summed E-state index contributed by atoms with van der Waals surface area (Å²) in [4.78, 5) is 38.1. The molecule has 0 aromatic heterocycles. The van der Waals surface area contributed by atoms with Gasteiger partial charge < -0.3 is 20.2 Å². The van der Waals surface area contributed by atoms with Crippen molar-refractivity contribution in [2.24, 2.45) is 5.92 Å². The second-order valence-corrected chi connectivity index (χ2v) is 5.41. The number of hydrogen-bond acceptors (Lipinski definition) is 3. The maximum atomic E-state index is 12.0. The van der Waals surface area contributed by atoms with Crippen LogP contribution in [0.25, 0.3) is 0 Å². The fourth-order valence-corrected chi connectivity index (χ4v) is 2.89. The highest BCUT2D eigenvalue weighted by Gasteiger charge is 2.38. The lowest BCUT2D eigenvalue weighted by molar-refractivity contribution is -0.142. The molecule has 0 aromatic carbocycles. The highest BCUT2D eigenvalue weighted by Crippen LogP contribution is 2.24. The number of carboxylic acid groups (broad SMARTS) is 1. The highest BCUT2D eigenvalue weighted by molar-refractivity contribution is 5.85. The van der Waals surface area contributed by atoms with E-state index in [1.807, 2.05) is 0 Å². The van der Waals surface area contributed by atoms with Crippen LogP contribution in [0.5, 0.6) is 0 Å². The topological polar surface area (TPSA) is 90.0 Å². The normalized spacial score (nSPS) is 25.9. The first-order valence-electron chi connectivity index (χ1n) is 7.05. The van der Waals surface area contributed by atoms with Crippen LogP contribution in [0.3, 0.4) is 0 Å². The van der Waals surface area contributed by atoms with Crippen molar-refractivity contribution in [1.82, 2.24) is 15.1 Å². The first-order valence-corrected chi connectivity index (χ1v) is 7.05. The predicted octanol–water partition coefficient (Wildman–Crippen LogP) is 0.113. The van der Waals surface area contributed by atoms with E-state index in [1.54, 1.807) is 11.8 Å². The van der Waals surface area contributed by atoms with Gasteiger partial charge in [0.1, 0.15) is 0 Å². The molecule has 0 radical (unpaired) electrons. The van der Waals surface area contributed by atoms with Gasteiger partial charge in [-0.1, -0.05) is 0 Å². The lowest BCUT2D eigenvalue weighted by Crippen LogP contribution is -2.47. The molecule has 7 nitrogen and oxygen atoms in total. The van der Waals surface area contributed by atoms with E-state index < -0.39 is 11.9 Å². The Morgan fingerprint density at radius 2 is 1.85 bits per heavy atom. The van der Waals surface area contributed by atoms with Crippen LogP contribution >= 0.6 is 0 Å². The van der Waals surface area contributed by atoms with Crippen LogP contribution in [-0.4, -0.2) is 65.0 Å². The summed E-state index contributed by atoms with van der Waals surface area (Å²) in [6.45, 7) is 3.65. The summed E-state index contributed by atoms with van der Waals surface area (Å²) >= 11 is 0. The second kappa shape index (κ2) is 6.11. The minimum Gasteiger partial charge on any atom is -0.481 e. The number of amides is 3. The molecule has 2 heterocycles. The number of urea groups is 1. The van der Waals surface area contributed by atoms with Crippen molar-refractivity contribution in [2.75, 3.05) is 26.2 Å². The fraction of sp³-hybridized carbons (Fsp3) is 0.769. The third-order valence-electron chi connectivity index (χ3n) is 4.18. The predicted molar refractivity (Wildman–Crippen MR) is 71.1 cm³/mol. The molecule has 0 aliphatic carbocycles. The zero-order valence-corrected chi connectivity index (χ0v) is 11.7. The Balaban J connectivity index is 1.80. The molecular formula is C13H21N3O4. The van der Waals surface area contributed by atoms with E-state index in [4.69, 9.17) is 5.11 Å². The maximum absolute atomic E-state index is 12.0. The molecule has 2 saturated heterocycles. The Labute approximate surface area is 117 Å². The summed E-state index contributed by atoms with van der Waals surface area (Å²) in [5.74, 6) is -1.46. The molecule has 2 N–H and O–H groups in total. The number of carbonyl (C=O) groups is 3. The summed E-state index contributed by atoms with van der Waals surface area (Å²) in [5, 5.41) is 11.6. The van der Waals surface area contributed by atoms with Crippen molar-refractivity contribution in [3.05, 3.63) is 0 Å². The first-order chi connectivity index (χ1) is 9.50. The van der Waals surface area contributed by atoms with Gasteiger partial charge in [0.25, 0.3) is 0 Å². The van der Waals surface area contributed by atoms with Gasteiger partial charge in [0, 0.05) is 25.7 Å². The zero-order valence-electron chi connectivity index (χ0n) is 11.7. The quantitative estimate of drug-likeness (QED) is 0.769. The maximum Gasteiger partial charge on any atom is 0.318 e. The van der Waals surface area contributed by atoms with Crippen molar-refractivity contribution in [3.8, 4) is 0 Å². The minimum absolute atomic E-state index is 0.0141. The van der Waals surface area contributed by atoms with E-state index in [1.165, 1.54) is 4.90 Å². The van der Waals surface area contributed by atoms with Crippen molar-refractivity contribution >= 4 is 17.9 Å². The Bertz CT molecular complexity index is 406. The fourth-order valence-electron chi connectivity index (χ4n) is 2.89. The molecule has 2 rings (SSSR count). The number of nitrogens with zero attached hydrogens (tertiary/aromatic N) is 2. The van der Waals surface area contributed by atoms with Crippen LogP contribution in [-0.2, 0) is 9.59 Å². The molecule has 0 aromatic rings. The van der Waals surface area contributed by atoms with Crippen molar-refractivity contribution in [3.63, 3.8) is 0 Å². The van der Waals surface area contributed by atoms with Crippen LogP contribution < -0.4 is 5.32 Å². The van der Waals surface area contributed by atoms with Gasteiger partial charge in [-0.05, 0) is 26.2 Å². The Hall–Kier alpha value is -1.79. The molecule has 112 valence electrons. The monoisotopic (exact) mass is 283 g/mol. The molecule has 2 aliphatic heterocycles. The van der Waals surface area contributed by atoms with E-state index in [0.29, 0.717) is 13.0 Å². The Kier molecular flexibility index (Phi) is 4.46. The average molecular weight is 283 g/mol. The lowest BCUT2D eigenvalue weighted by Gasteiger charge is -2.24. The van der Waals surface area contributed by atoms with Crippen LogP contribution in [0, 0.1) is 5.92 Å². The highest BCUT2D eigenvalue weighted by atomic mass is 16.4. The number of rotatable bonds is 3. The minimum atomic E-state index is -0.874. The summed E-state index contributed by atoms with van der Waals surface area (Å²) < 4.78 is 0. The van der Waals surface area contributed by atoms with E-state index in [-0.39, 0.29) is 24.5 Å². The van der Waals surface area contributed by atoms with Crippen LogP contribution in [0.15, 0.2) is 0 Å². The second-order valence-electron chi connectivity index (χ2n) is 5.41. The molecule has 20 heavy (non-hydrogen) atoms. The van der Waals surface area contributed by atoms with E-state index in [2.05, 4.69) is 5.32 Å². The molecule has 2 aliphatic rings. The van der Waals surface area contributed by atoms with Gasteiger partial charge in [-0.25, -0.2) is 4.79 Å². The molecule has 2 unspecified atom stereocenters. The average Bonchev–Trinajstić information content (AvgIpc) is 3.04. The third kappa shape index (κ3) is 3.02. The van der Waals surface area contributed by atoms with Gasteiger partial charge >= 0.3 is 12.0 Å². The molecular weight excluding hydrogens is 262 g/mol. The van der Waals surface area contributed by atoms with Crippen molar-refractivity contribution < 1.29 is 19.5 Å². The van der Waals surface area contributed by atoms with Gasteiger partial charge in [0.05, 0.1) is 12.5 Å². The zero-order chi connectivity index (χ0) is 14.7. The number of likely N-dealkylation sites (tertiary alicyclic amines) is 2. The molecule has 2 atom stereocenters. The SMILES string of the molecule is CC1C(C(=O)O)CCN1C(=O)NCC(=O)N1CCCC1. The summed E-state index contributed by atoms with van der Waals surface area (Å²) in [7, 11) is 0. The van der Waals surface area contributed by atoms with Gasteiger partial charge in [-0.3, -0.25) is 9.59 Å². The van der Waals surface area contributed by atoms with Crippen LogP contribution in [0.1, 0.15) is 26.2 Å². The lowest BCUT2D eigenvalue weighted by atomic mass is 10.0. The van der Waals surface area contributed by atoms with E-state index in [9.17, 15) is 14.4 Å². The smallest absolute Gasteiger partial charge is 0.318 e. The molecule has 7 heteroatoms. The summed E-state index contributed by atoms with van der Waals surface area (Å²) in [6.07, 6.45) is 2.50. The van der Waals surface area contributed by atoms with Gasteiger partial charge in [-0.15, -0.1) is 0 Å². The van der Waals surface area contributed by atoms with Gasteiger partial charge in [0.15, 0.2) is 0 Å². The summed E-state index contributed by atoms with van der Waals surface area (Å²) in [5.41, 5.74) is 0. The van der Waals surface area contributed by atoms with Crippen LogP contribution in [0.4, 0.5) is 4.79 Å².